The van der Waals surface area contributed by atoms with Gasteiger partial charge in [-0.1, -0.05) is 19.3 Å². The van der Waals surface area contributed by atoms with Crippen LogP contribution in [-0.4, -0.2) is 34.5 Å². The zero-order valence-corrected chi connectivity index (χ0v) is 14.2. The van der Waals surface area contributed by atoms with E-state index in [2.05, 4.69) is 37.7 Å². The van der Waals surface area contributed by atoms with Crippen LogP contribution in [0.1, 0.15) is 79.1 Å². The minimum Gasteiger partial charge on any atom is -0.323 e. The van der Waals surface area contributed by atoms with E-state index < -0.39 is 0 Å². The number of rotatable bonds is 8. The number of likely N-dealkylation sites (tertiary alicyclic amines) is 1. The Hall–Kier alpha value is -0.900. The van der Waals surface area contributed by atoms with Crippen molar-refractivity contribution in [3.05, 3.63) is 0 Å². The maximum absolute atomic E-state index is 10.1. The first-order valence-corrected chi connectivity index (χ1v) is 8.22. The van der Waals surface area contributed by atoms with Gasteiger partial charge in [0.25, 0.3) is 0 Å². The van der Waals surface area contributed by atoms with Crippen molar-refractivity contribution in [1.82, 2.24) is 4.90 Å². The molecule has 0 bridgehead atoms. The fourth-order valence-corrected chi connectivity index (χ4v) is 3.77. The van der Waals surface area contributed by atoms with Crippen molar-refractivity contribution in [2.45, 2.75) is 90.1 Å². The molecule has 1 rings (SSSR count). The summed E-state index contributed by atoms with van der Waals surface area (Å²) in [6, 6.07) is 0. The molecule has 0 unspecified atom stereocenters. The molecular weight excluding hydrogens is 262 g/mol. The molecule has 0 aromatic heterocycles. The molecule has 1 radical (unpaired) electrons. The monoisotopic (exact) mass is 294 g/mol. The number of unbranched alkanes of at least 4 members (excludes halogenated alkanes) is 5. The summed E-state index contributed by atoms with van der Waals surface area (Å²) >= 11 is 0. The molecule has 0 aromatic rings. The summed E-state index contributed by atoms with van der Waals surface area (Å²) in [4.78, 5) is 12.8. The molecule has 0 aromatic carbocycles. The van der Waals surface area contributed by atoms with Crippen LogP contribution in [0.3, 0.4) is 0 Å². The van der Waals surface area contributed by atoms with E-state index in [0.717, 1.165) is 37.9 Å². The maximum Gasteiger partial charge on any atom is 0.198 e. The van der Waals surface area contributed by atoms with E-state index in [1.165, 1.54) is 19.3 Å². The molecule has 1 saturated heterocycles. The van der Waals surface area contributed by atoms with Crippen LogP contribution in [0.15, 0.2) is 5.10 Å². The number of hydrazone groups is 1. The molecule has 0 aliphatic carbocycles. The second kappa shape index (κ2) is 7.92. The smallest absolute Gasteiger partial charge is 0.198 e. The molecule has 1 heterocycles. The molecular formula is C17H32N3O. The van der Waals surface area contributed by atoms with Crippen molar-refractivity contribution in [3.63, 3.8) is 0 Å². The SMILES string of the molecule is CC1(C)CC(=NN)CC(C)(C)N1CCCCCCC[C]=O. The summed E-state index contributed by atoms with van der Waals surface area (Å²) in [5.41, 5.74) is 1.37. The van der Waals surface area contributed by atoms with Gasteiger partial charge >= 0.3 is 0 Å². The summed E-state index contributed by atoms with van der Waals surface area (Å²) in [5, 5.41) is 3.97. The third kappa shape index (κ3) is 5.42. The van der Waals surface area contributed by atoms with Crippen molar-refractivity contribution in [1.29, 1.82) is 0 Å². The number of piperidine rings is 1. The van der Waals surface area contributed by atoms with Crippen molar-refractivity contribution < 1.29 is 4.79 Å². The highest BCUT2D eigenvalue weighted by atomic mass is 16.1. The molecule has 4 heteroatoms. The van der Waals surface area contributed by atoms with E-state index in [-0.39, 0.29) is 11.1 Å². The fourth-order valence-electron chi connectivity index (χ4n) is 3.77. The normalized spacial score (nSPS) is 21.2. The highest BCUT2D eigenvalue weighted by Crippen LogP contribution is 2.37. The molecule has 4 nitrogen and oxygen atoms in total. The Morgan fingerprint density at radius 2 is 1.57 bits per heavy atom. The molecule has 2 N–H and O–H groups in total. The van der Waals surface area contributed by atoms with E-state index in [9.17, 15) is 4.79 Å². The largest absolute Gasteiger partial charge is 0.323 e. The first-order valence-electron chi connectivity index (χ1n) is 8.22. The van der Waals surface area contributed by atoms with Gasteiger partial charge in [0.1, 0.15) is 0 Å². The van der Waals surface area contributed by atoms with Crippen LogP contribution in [0.4, 0.5) is 0 Å². The quantitative estimate of drug-likeness (QED) is 0.424. The third-order valence-electron chi connectivity index (χ3n) is 4.58. The second-order valence-corrected chi connectivity index (χ2v) is 7.49. The van der Waals surface area contributed by atoms with Crippen molar-refractivity contribution in [2.75, 3.05) is 6.54 Å². The van der Waals surface area contributed by atoms with Gasteiger partial charge < -0.3 is 5.84 Å². The first-order chi connectivity index (χ1) is 9.83. The van der Waals surface area contributed by atoms with Crippen molar-refractivity contribution in [3.8, 4) is 0 Å². The average Bonchev–Trinajstić information content (AvgIpc) is 2.38. The Labute approximate surface area is 130 Å². The zero-order valence-electron chi connectivity index (χ0n) is 14.2. The molecule has 1 aliphatic rings. The topological polar surface area (TPSA) is 58.7 Å². The third-order valence-corrected chi connectivity index (χ3v) is 4.58. The van der Waals surface area contributed by atoms with Gasteiger partial charge in [-0.3, -0.25) is 9.69 Å². The maximum atomic E-state index is 10.1. The van der Waals surface area contributed by atoms with Gasteiger partial charge in [0.2, 0.25) is 0 Å². The lowest BCUT2D eigenvalue weighted by Gasteiger charge is -2.53. The van der Waals surface area contributed by atoms with E-state index in [4.69, 9.17) is 5.84 Å². The molecule has 0 spiro atoms. The molecule has 1 aliphatic heterocycles. The Balaban J connectivity index is 2.43. The first kappa shape index (κ1) is 18.1. The van der Waals surface area contributed by atoms with Crippen LogP contribution in [0.2, 0.25) is 0 Å². The molecule has 0 amide bonds. The van der Waals surface area contributed by atoms with Gasteiger partial charge in [-0.15, -0.1) is 0 Å². The number of nitrogens with zero attached hydrogens (tertiary/aromatic N) is 2. The van der Waals surface area contributed by atoms with Gasteiger partial charge in [-0.05, 0) is 47.1 Å². The number of carbonyl (C=O) groups excluding carboxylic acids is 1. The zero-order chi connectivity index (χ0) is 15.9. The number of hydrogen-bond donors (Lipinski definition) is 1. The lowest BCUT2D eigenvalue weighted by atomic mass is 9.78. The highest BCUT2D eigenvalue weighted by molar-refractivity contribution is 5.87. The Kier molecular flexibility index (Phi) is 6.85. The molecule has 21 heavy (non-hydrogen) atoms. The predicted octanol–water partition coefficient (Wildman–Crippen LogP) is 3.40. The summed E-state index contributed by atoms with van der Waals surface area (Å²) in [7, 11) is 0. The van der Waals surface area contributed by atoms with Crippen LogP contribution < -0.4 is 5.84 Å². The average molecular weight is 294 g/mol. The lowest BCUT2D eigenvalue weighted by Crippen LogP contribution is -2.61. The van der Waals surface area contributed by atoms with Crippen molar-refractivity contribution in [2.24, 2.45) is 10.9 Å². The Morgan fingerprint density at radius 1 is 1.05 bits per heavy atom. The van der Waals surface area contributed by atoms with Crippen LogP contribution in [0.5, 0.6) is 0 Å². The van der Waals surface area contributed by atoms with E-state index >= 15 is 0 Å². The lowest BCUT2D eigenvalue weighted by molar-refractivity contribution is 0.00811. The molecule has 0 atom stereocenters. The summed E-state index contributed by atoms with van der Waals surface area (Å²) < 4.78 is 0. The highest BCUT2D eigenvalue weighted by Gasteiger charge is 2.43. The van der Waals surface area contributed by atoms with Gasteiger partial charge in [0, 0.05) is 36.1 Å². The van der Waals surface area contributed by atoms with Gasteiger partial charge in [-0.25, -0.2) is 0 Å². The van der Waals surface area contributed by atoms with Crippen LogP contribution in [0, 0.1) is 0 Å². The minimum atomic E-state index is 0.117. The molecule has 0 saturated carbocycles. The standard InChI is InChI=1S/C17H32N3O/c1-16(2)13-15(19-18)14-17(3,4)20(16)11-9-7-5-6-8-10-12-21/h5-11,13-14,18H2,1-4H3. The van der Waals surface area contributed by atoms with Gasteiger partial charge in [0.05, 0.1) is 0 Å². The summed E-state index contributed by atoms with van der Waals surface area (Å²) in [6.07, 6.45) is 10.3. The number of nitrogens with two attached hydrogens (primary N) is 1. The van der Waals surface area contributed by atoms with Crippen LogP contribution in [-0.2, 0) is 4.79 Å². The summed E-state index contributed by atoms with van der Waals surface area (Å²) in [5.74, 6) is 5.51. The van der Waals surface area contributed by atoms with E-state index in [0.29, 0.717) is 6.42 Å². The second-order valence-electron chi connectivity index (χ2n) is 7.49. The predicted molar refractivity (Wildman–Crippen MR) is 89.1 cm³/mol. The number of hydrogen-bond acceptors (Lipinski definition) is 4. The molecule has 121 valence electrons. The van der Waals surface area contributed by atoms with E-state index in [1.807, 2.05) is 6.29 Å². The van der Waals surface area contributed by atoms with Gasteiger partial charge in [0.15, 0.2) is 6.29 Å². The van der Waals surface area contributed by atoms with E-state index in [1.54, 1.807) is 0 Å². The fraction of sp³-hybridized carbons (Fsp3) is 0.882. The van der Waals surface area contributed by atoms with Crippen LogP contribution in [0.25, 0.3) is 0 Å². The minimum absolute atomic E-state index is 0.117. The molecule has 1 fully saturated rings. The van der Waals surface area contributed by atoms with Crippen LogP contribution >= 0.6 is 0 Å². The Morgan fingerprint density at radius 3 is 2.10 bits per heavy atom. The summed E-state index contributed by atoms with van der Waals surface area (Å²) in [6.45, 7) is 10.3. The Bertz CT molecular complexity index is 341. The van der Waals surface area contributed by atoms with Crippen molar-refractivity contribution >= 4 is 12.0 Å². The van der Waals surface area contributed by atoms with Gasteiger partial charge in [-0.2, -0.15) is 5.10 Å².